The largest absolute Gasteiger partial charge is 0.496 e. The number of furan rings is 1. The molecule has 7 nitrogen and oxygen atoms in total. The van der Waals surface area contributed by atoms with Crippen LogP contribution in [-0.2, 0) is 16.1 Å². The topological polar surface area (TPSA) is 101 Å². The molecule has 7 heteroatoms. The summed E-state index contributed by atoms with van der Waals surface area (Å²) in [5.74, 6) is -0.843. The normalized spacial score (nSPS) is 11.6. The van der Waals surface area contributed by atoms with Crippen molar-refractivity contribution in [3.8, 4) is 5.75 Å². The number of nitrogens with one attached hydrogen (secondary N) is 2. The lowest BCUT2D eigenvalue weighted by Crippen LogP contribution is -2.40. The molecule has 0 fully saturated rings. The molecule has 1 aromatic carbocycles. The Labute approximate surface area is 139 Å². The highest BCUT2D eigenvalue weighted by Crippen LogP contribution is 2.17. The Morgan fingerprint density at radius 1 is 1.21 bits per heavy atom. The fourth-order valence-electron chi connectivity index (χ4n) is 2.14. The molecule has 2 rings (SSSR count). The molecule has 0 aliphatic rings. The van der Waals surface area contributed by atoms with E-state index in [-0.39, 0.29) is 19.5 Å². The van der Waals surface area contributed by atoms with Crippen LogP contribution < -0.4 is 15.4 Å². The Morgan fingerprint density at radius 3 is 2.67 bits per heavy atom. The lowest BCUT2D eigenvalue weighted by Gasteiger charge is -2.11. The molecular weight excluding hydrogens is 312 g/mol. The van der Waals surface area contributed by atoms with Crippen molar-refractivity contribution in [3.63, 3.8) is 0 Å². The summed E-state index contributed by atoms with van der Waals surface area (Å²) in [5.41, 5.74) is 1.40. The van der Waals surface area contributed by atoms with E-state index in [0.29, 0.717) is 11.3 Å². The van der Waals surface area contributed by atoms with Crippen LogP contribution in [0.3, 0.4) is 0 Å². The summed E-state index contributed by atoms with van der Waals surface area (Å²) in [6, 6.07) is 8.87. The summed E-state index contributed by atoms with van der Waals surface area (Å²) in [5, 5.41) is 14.8. The molecule has 0 aliphatic carbocycles. The number of amides is 2. The Balaban J connectivity index is 1.73. The molecule has 3 N–H and O–H groups in total. The van der Waals surface area contributed by atoms with Crippen LogP contribution in [0.2, 0.25) is 0 Å². The Kier molecular flexibility index (Phi) is 6.39. The number of carbonyl (C=O) groups is 2. The van der Waals surface area contributed by atoms with Crippen molar-refractivity contribution in [2.45, 2.75) is 19.1 Å². The van der Waals surface area contributed by atoms with E-state index < -0.39 is 17.9 Å². The third-order valence-electron chi connectivity index (χ3n) is 3.47. The van der Waals surface area contributed by atoms with Crippen molar-refractivity contribution in [2.75, 3.05) is 13.7 Å². The summed E-state index contributed by atoms with van der Waals surface area (Å²) in [4.78, 5) is 23.5. The van der Waals surface area contributed by atoms with Crippen LogP contribution >= 0.6 is 0 Å². The average molecular weight is 332 g/mol. The molecule has 0 spiro atoms. The molecule has 1 heterocycles. The SMILES string of the molecule is COc1ccccc1CNC(=O)C(=O)NCC[C@H](O)c1ccoc1. The standard InChI is InChI=1S/C17H20N2O5/c1-23-15-5-3-2-4-12(15)10-19-17(22)16(21)18-8-6-14(20)13-7-9-24-11-13/h2-5,7,9,11,14,20H,6,8,10H2,1H3,(H,18,21)(H,19,22)/t14-/m0/s1. The first-order valence-electron chi connectivity index (χ1n) is 7.50. The van der Waals surface area contributed by atoms with E-state index in [1.165, 1.54) is 12.5 Å². The van der Waals surface area contributed by atoms with Gasteiger partial charge in [0.15, 0.2) is 0 Å². The van der Waals surface area contributed by atoms with Crippen LogP contribution in [-0.4, -0.2) is 30.6 Å². The first-order valence-corrected chi connectivity index (χ1v) is 7.50. The highest BCUT2D eigenvalue weighted by Gasteiger charge is 2.15. The molecule has 0 radical (unpaired) electrons. The van der Waals surface area contributed by atoms with E-state index in [2.05, 4.69) is 10.6 Å². The molecule has 1 aromatic heterocycles. The molecule has 1 atom stereocenters. The molecule has 24 heavy (non-hydrogen) atoms. The predicted molar refractivity (Wildman–Crippen MR) is 86.1 cm³/mol. The number of rotatable bonds is 7. The van der Waals surface area contributed by atoms with Crippen LogP contribution in [0.4, 0.5) is 0 Å². The lowest BCUT2D eigenvalue weighted by atomic mass is 10.1. The lowest BCUT2D eigenvalue weighted by molar-refractivity contribution is -0.139. The molecule has 2 aromatic rings. The average Bonchev–Trinajstić information content (AvgIpc) is 3.14. The smallest absolute Gasteiger partial charge is 0.309 e. The minimum atomic E-state index is -0.749. The molecule has 0 unspecified atom stereocenters. The summed E-state index contributed by atoms with van der Waals surface area (Å²) < 4.78 is 10.0. The number of methoxy groups -OCH3 is 1. The zero-order valence-electron chi connectivity index (χ0n) is 13.3. The maximum absolute atomic E-state index is 11.8. The second-order valence-corrected chi connectivity index (χ2v) is 5.11. The van der Waals surface area contributed by atoms with Gasteiger partial charge in [0.2, 0.25) is 0 Å². The van der Waals surface area contributed by atoms with Crippen molar-refractivity contribution < 1.29 is 23.8 Å². The number of aliphatic hydroxyl groups is 1. The van der Waals surface area contributed by atoms with Crippen LogP contribution in [0.15, 0.2) is 47.3 Å². The van der Waals surface area contributed by atoms with Crippen LogP contribution in [0.25, 0.3) is 0 Å². The molecule has 0 saturated carbocycles. The Hall–Kier alpha value is -2.80. The van der Waals surface area contributed by atoms with Gasteiger partial charge in [-0.25, -0.2) is 0 Å². The third kappa shape index (κ3) is 4.85. The third-order valence-corrected chi connectivity index (χ3v) is 3.47. The Bertz CT molecular complexity index is 669. The highest BCUT2D eigenvalue weighted by atomic mass is 16.5. The fraction of sp³-hybridized carbons (Fsp3) is 0.294. The quantitative estimate of drug-likeness (QED) is 0.660. The van der Waals surface area contributed by atoms with Gasteiger partial charge in [-0.05, 0) is 18.6 Å². The van der Waals surface area contributed by atoms with Gasteiger partial charge in [0.1, 0.15) is 5.75 Å². The van der Waals surface area contributed by atoms with E-state index >= 15 is 0 Å². The van der Waals surface area contributed by atoms with Crippen LogP contribution in [0, 0.1) is 0 Å². The minimum absolute atomic E-state index is 0.174. The number of aliphatic hydroxyl groups excluding tert-OH is 1. The van der Waals surface area contributed by atoms with Crippen molar-refractivity contribution in [3.05, 3.63) is 54.0 Å². The first kappa shape index (κ1) is 17.6. The van der Waals surface area contributed by atoms with E-state index in [1.807, 2.05) is 12.1 Å². The summed E-state index contributed by atoms with van der Waals surface area (Å²) in [6.45, 7) is 0.362. The monoisotopic (exact) mass is 332 g/mol. The van der Waals surface area contributed by atoms with Crippen LogP contribution in [0.1, 0.15) is 23.7 Å². The zero-order valence-corrected chi connectivity index (χ0v) is 13.3. The van der Waals surface area contributed by atoms with Gasteiger partial charge in [-0.15, -0.1) is 0 Å². The fourth-order valence-corrected chi connectivity index (χ4v) is 2.14. The highest BCUT2D eigenvalue weighted by molar-refractivity contribution is 6.35. The first-order chi connectivity index (χ1) is 11.6. The van der Waals surface area contributed by atoms with Crippen molar-refractivity contribution in [1.29, 1.82) is 0 Å². The number of ether oxygens (including phenoxy) is 1. The molecule has 0 aliphatic heterocycles. The van der Waals surface area contributed by atoms with Gasteiger partial charge in [0.05, 0.1) is 25.7 Å². The Morgan fingerprint density at radius 2 is 1.96 bits per heavy atom. The number of benzene rings is 1. The van der Waals surface area contributed by atoms with Crippen LogP contribution in [0.5, 0.6) is 5.75 Å². The summed E-state index contributed by atoms with van der Waals surface area (Å²) >= 11 is 0. The van der Waals surface area contributed by atoms with Gasteiger partial charge in [-0.2, -0.15) is 0 Å². The molecule has 128 valence electrons. The van der Waals surface area contributed by atoms with E-state index in [1.54, 1.807) is 25.3 Å². The number of hydrogen-bond acceptors (Lipinski definition) is 5. The summed E-state index contributed by atoms with van der Waals surface area (Å²) in [7, 11) is 1.54. The van der Waals surface area contributed by atoms with Gasteiger partial charge in [-0.1, -0.05) is 18.2 Å². The van der Waals surface area contributed by atoms with Gasteiger partial charge in [-0.3, -0.25) is 9.59 Å². The maximum atomic E-state index is 11.8. The van der Waals surface area contributed by atoms with Gasteiger partial charge < -0.3 is 24.9 Å². The van der Waals surface area contributed by atoms with Crippen molar-refractivity contribution in [1.82, 2.24) is 10.6 Å². The second kappa shape index (κ2) is 8.73. The minimum Gasteiger partial charge on any atom is -0.496 e. The summed E-state index contributed by atoms with van der Waals surface area (Å²) in [6.07, 6.45) is 2.43. The van der Waals surface area contributed by atoms with E-state index in [4.69, 9.17) is 9.15 Å². The maximum Gasteiger partial charge on any atom is 0.309 e. The van der Waals surface area contributed by atoms with E-state index in [0.717, 1.165) is 5.56 Å². The van der Waals surface area contributed by atoms with E-state index in [9.17, 15) is 14.7 Å². The van der Waals surface area contributed by atoms with Gasteiger partial charge >= 0.3 is 11.8 Å². The molecular formula is C17H20N2O5. The zero-order chi connectivity index (χ0) is 17.4. The number of carbonyl (C=O) groups excluding carboxylic acids is 2. The molecule has 0 saturated heterocycles. The molecule has 0 bridgehead atoms. The van der Waals surface area contributed by atoms with Gasteiger partial charge in [0.25, 0.3) is 0 Å². The van der Waals surface area contributed by atoms with Crippen molar-refractivity contribution in [2.24, 2.45) is 0 Å². The molecule has 2 amide bonds. The number of hydrogen-bond donors (Lipinski definition) is 3. The van der Waals surface area contributed by atoms with Crippen molar-refractivity contribution >= 4 is 11.8 Å². The number of para-hydroxylation sites is 1. The predicted octanol–water partition coefficient (Wildman–Crippen LogP) is 1.14. The second-order valence-electron chi connectivity index (χ2n) is 5.11. The van der Waals surface area contributed by atoms with Gasteiger partial charge in [0, 0.05) is 24.2 Å².